The molecule has 1 N–H and O–H groups in total. The SMILES string of the molecule is COC(=O)c1ccc(-c2ccc(C(=O)N(C)C3(NCCC=O)CCCC3)cc2)c(F)c1. The number of hydrogen-bond donors (Lipinski definition) is 1. The summed E-state index contributed by atoms with van der Waals surface area (Å²) in [4.78, 5) is 37.1. The molecule has 1 aliphatic rings. The van der Waals surface area contributed by atoms with E-state index in [4.69, 9.17) is 0 Å². The van der Waals surface area contributed by atoms with Crippen molar-refractivity contribution in [2.45, 2.75) is 37.8 Å². The lowest BCUT2D eigenvalue weighted by Crippen LogP contribution is -2.57. The van der Waals surface area contributed by atoms with Gasteiger partial charge in [0, 0.05) is 31.1 Å². The van der Waals surface area contributed by atoms with E-state index in [9.17, 15) is 18.8 Å². The molecule has 1 saturated carbocycles. The molecule has 0 bridgehead atoms. The maximum absolute atomic E-state index is 14.5. The van der Waals surface area contributed by atoms with Crippen LogP contribution in [0.3, 0.4) is 0 Å². The van der Waals surface area contributed by atoms with E-state index < -0.39 is 17.4 Å². The molecule has 0 spiro atoms. The number of ether oxygens (including phenoxy) is 1. The lowest BCUT2D eigenvalue weighted by molar-refractivity contribution is -0.107. The Morgan fingerprint density at radius 3 is 2.35 bits per heavy atom. The molecule has 3 rings (SSSR count). The van der Waals surface area contributed by atoms with Crippen molar-refractivity contribution < 1.29 is 23.5 Å². The molecular weight excluding hydrogens is 399 g/mol. The van der Waals surface area contributed by atoms with Crippen LogP contribution < -0.4 is 5.32 Å². The number of hydrogen-bond acceptors (Lipinski definition) is 5. The van der Waals surface area contributed by atoms with Gasteiger partial charge in [-0.2, -0.15) is 0 Å². The van der Waals surface area contributed by atoms with E-state index in [1.807, 2.05) is 0 Å². The molecule has 0 heterocycles. The quantitative estimate of drug-likeness (QED) is 0.301. The van der Waals surface area contributed by atoms with Crippen LogP contribution in [-0.2, 0) is 9.53 Å². The third-order valence-electron chi connectivity index (χ3n) is 5.93. The Morgan fingerprint density at radius 1 is 1.13 bits per heavy atom. The maximum Gasteiger partial charge on any atom is 0.337 e. The van der Waals surface area contributed by atoms with E-state index in [-0.39, 0.29) is 11.5 Å². The Morgan fingerprint density at radius 2 is 1.77 bits per heavy atom. The molecule has 7 heteroatoms. The van der Waals surface area contributed by atoms with Gasteiger partial charge in [-0.15, -0.1) is 0 Å². The predicted octanol–water partition coefficient (Wildman–Crippen LogP) is 3.80. The highest BCUT2D eigenvalue weighted by Crippen LogP contribution is 2.33. The van der Waals surface area contributed by atoms with Gasteiger partial charge in [-0.1, -0.05) is 18.2 Å². The van der Waals surface area contributed by atoms with Gasteiger partial charge in [0.2, 0.25) is 0 Å². The summed E-state index contributed by atoms with van der Waals surface area (Å²) in [7, 11) is 3.02. The van der Waals surface area contributed by atoms with E-state index in [1.54, 1.807) is 36.2 Å². The number of rotatable bonds is 8. The topological polar surface area (TPSA) is 75.7 Å². The van der Waals surface area contributed by atoms with Gasteiger partial charge in [0.15, 0.2) is 0 Å². The van der Waals surface area contributed by atoms with E-state index in [0.717, 1.165) is 38.0 Å². The summed E-state index contributed by atoms with van der Waals surface area (Å²) < 4.78 is 19.1. The average Bonchev–Trinajstić information content (AvgIpc) is 3.28. The minimum atomic E-state index is -0.600. The smallest absolute Gasteiger partial charge is 0.337 e. The molecule has 1 fully saturated rings. The van der Waals surface area contributed by atoms with Crippen LogP contribution >= 0.6 is 0 Å². The van der Waals surface area contributed by atoms with Crippen LogP contribution in [0.4, 0.5) is 4.39 Å². The van der Waals surface area contributed by atoms with Crippen molar-refractivity contribution in [1.29, 1.82) is 0 Å². The first-order valence-electron chi connectivity index (χ1n) is 10.4. The number of carbonyl (C=O) groups is 3. The molecule has 31 heavy (non-hydrogen) atoms. The first-order valence-corrected chi connectivity index (χ1v) is 10.4. The predicted molar refractivity (Wildman–Crippen MR) is 115 cm³/mol. The van der Waals surface area contributed by atoms with Crippen molar-refractivity contribution in [1.82, 2.24) is 10.2 Å². The Bertz CT molecular complexity index is 953. The van der Waals surface area contributed by atoms with Crippen LogP contribution in [0, 0.1) is 5.82 Å². The van der Waals surface area contributed by atoms with Gasteiger partial charge in [0.1, 0.15) is 12.1 Å². The molecule has 0 aromatic heterocycles. The van der Waals surface area contributed by atoms with E-state index in [0.29, 0.717) is 29.7 Å². The lowest BCUT2D eigenvalue weighted by Gasteiger charge is -2.40. The molecular formula is C24H27FN2O4. The van der Waals surface area contributed by atoms with Gasteiger partial charge in [-0.05, 0) is 55.5 Å². The zero-order valence-corrected chi connectivity index (χ0v) is 17.8. The maximum atomic E-state index is 14.5. The second-order valence-electron chi connectivity index (χ2n) is 7.75. The number of benzene rings is 2. The average molecular weight is 426 g/mol. The normalized spacial score (nSPS) is 14.8. The van der Waals surface area contributed by atoms with Gasteiger partial charge < -0.3 is 14.4 Å². The molecule has 0 radical (unpaired) electrons. The molecule has 1 amide bonds. The summed E-state index contributed by atoms with van der Waals surface area (Å²) in [5.41, 5.74) is 1.13. The first-order chi connectivity index (χ1) is 14.9. The van der Waals surface area contributed by atoms with Crippen molar-refractivity contribution in [2.24, 2.45) is 0 Å². The highest BCUT2D eigenvalue weighted by molar-refractivity contribution is 5.95. The Kier molecular flexibility index (Phi) is 7.17. The van der Waals surface area contributed by atoms with Crippen molar-refractivity contribution in [2.75, 3.05) is 20.7 Å². The number of methoxy groups -OCH3 is 1. The fraction of sp³-hybridized carbons (Fsp3) is 0.375. The molecule has 0 atom stereocenters. The van der Waals surface area contributed by atoms with Gasteiger partial charge in [0.05, 0.1) is 18.3 Å². The summed E-state index contributed by atoms with van der Waals surface area (Å²) in [5.74, 6) is -1.27. The standard InChI is InChI=1S/C24H27FN2O4/c1-27(24(12-3-4-13-24)26-14-5-15-28)22(29)18-8-6-17(7-9-18)20-11-10-19(16-21(20)25)23(30)31-2/h6-11,15-16,26H,3-5,12-14H2,1-2H3. The molecule has 0 aliphatic heterocycles. The highest BCUT2D eigenvalue weighted by atomic mass is 19.1. The molecule has 1 aliphatic carbocycles. The van der Waals surface area contributed by atoms with Crippen LogP contribution in [0.15, 0.2) is 42.5 Å². The molecule has 2 aromatic carbocycles. The van der Waals surface area contributed by atoms with Crippen LogP contribution in [-0.4, -0.2) is 49.4 Å². The number of aldehydes is 1. The third-order valence-corrected chi connectivity index (χ3v) is 5.93. The summed E-state index contributed by atoms with van der Waals surface area (Å²) in [5, 5.41) is 3.40. The van der Waals surface area contributed by atoms with Crippen molar-refractivity contribution >= 4 is 18.2 Å². The number of amides is 1. The monoisotopic (exact) mass is 426 g/mol. The first kappa shape index (κ1) is 22.6. The summed E-state index contributed by atoms with van der Waals surface area (Å²) in [6, 6.07) is 10.9. The number of nitrogens with one attached hydrogen (secondary N) is 1. The van der Waals surface area contributed by atoms with Gasteiger partial charge in [-0.3, -0.25) is 10.1 Å². The van der Waals surface area contributed by atoms with Crippen molar-refractivity contribution in [3.63, 3.8) is 0 Å². The van der Waals surface area contributed by atoms with Crippen LogP contribution in [0.5, 0.6) is 0 Å². The Hall–Kier alpha value is -3.06. The fourth-order valence-electron chi connectivity index (χ4n) is 4.13. The van der Waals surface area contributed by atoms with E-state index >= 15 is 0 Å². The molecule has 6 nitrogen and oxygen atoms in total. The van der Waals surface area contributed by atoms with Crippen LogP contribution in [0.1, 0.15) is 52.8 Å². The number of nitrogens with zero attached hydrogens (tertiary/aromatic N) is 1. The van der Waals surface area contributed by atoms with Crippen LogP contribution in [0.2, 0.25) is 0 Å². The second kappa shape index (κ2) is 9.83. The van der Waals surface area contributed by atoms with Crippen molar-refractivity contribution in [3.8, 4) is 11.1 Å². The second-order valence-corrected chi connectivity index (χ2v) is 7.75. The molecule has 2 aromatic rings. The molecule has 0 saturated heterocycles. The van der Waals surface area contributed by atoms with Gasteiger partial charge in [0.25, 0.3) is 5.91 Å². The third kappa shape index (κ3) is 4.82. The lowest BCUT2D eigenvalue weighted by atomic mass is 10.0. The van der Waals surface area contributed by atoms with Gasteiger partial charge >= 0.3 is 5.97 Å². The highest BCUT2D eigenvalue weighted by Gasteiger charge is 2.39. The zero-order valence-electron chi connectivity index (χ0n) is 17.8. The Balaban J connectivity index is 1.78. The number of carbonyl (C=O) groups excluding carboxylic acids is 3. The zero-order chi connectivity index (χ0) is 22.4. The molecule has 0 unspecified atom stereocenters. The number of esters is 1. The minimum absolute atomic E-state index is 0.131. The Labute approximate surface area is 181 Å². The van der Waals surface area contributed by atoms with E-state index in [1.165, 1.54) is 19.2 Å². The van der Waals surface area contributed by atoms with Crippen LogP contribution in [0.25, 0.3) is 11.1 Å². The van der Waals surface area contributed by atoms with Gasteiger partial charge in [-0.25, -0.2) is 9.18 Å². The molecule has 164 valence electrons. The summed E-state index contributed by atoms with van der Waals surface area (Å²) in [6.07, 6.45) is 4.98. The number of halogens is 1. The van der Waals surface area contributed by atoms with Crippen molar-refractivity contribution in [3.05, 3.63) is 59.4 Å². The van der Waals surface area contributed by atoms with E-state index in [2.05, 4.69) is 10.1 Å². The largest absolute Gasteiger partial charge is 0.465 e. The summed E-state index contributed by atoms with van der Waals surface area (Å²) in [6.45, 7) is 0.529. The summed E-state index contributed by atoms with van der Waals surface area (Å²) >= 11 is 0. The fourth-order valence-corrected chi connectivity index (χ4v) is 4.13. The minimum Gasteiger partial charge on any atom is -0.465 e.